The van der Waals surface area contributed by atoms with Gasteiger partial charge in [0, 0.05) is 13.0 Å². The number of aliphatic hydroxyl groups is 1. The molecule has 1 amide bonds. The number of hydrogen-bond acceptors (Lipinski definition) is 3. The van der Waals surface area contributed by atoms with Gasteiger partial charge in [-0.3, -0.25) is 4.79 Å². The molecule has 0 aromatic heterocycles. The zero-order valence-electron chi connectivity index (χ0n) is 7.06. The Balaban J connectivity index is 2.91. The van der Waals surface area contributed by atoms with E-state index in [0.29, 0.717) is 6.42 Å². The SMILES string of the molecule is C=CC(=O)N1CCCC1(O)C(=O)O. The summed E-state index contributed by atoms with van der Waals surface area (Å²) in [6.45, 7) is 3.49. The second-order valence-corrected chi connectivity index (χ2v) is 2.92. The Morgan fingerprint density at radius 1 is 1.54 bits per heavy atom. The van der Waals surface area contributed by atoms with Gasteiger partial charge in [0.2, 0.25) is 11.6 Å². The molecule has 0 bridgehead atoms. The van der Waals surface area contributed by atoms with Crippen molar-refractivity contribution < 1.29 is 19.8 Å². The van der Waals surface area contributed by atoms with E-state index in [2.05, 4.69) is 6.58 Å². The molecule has 1 fully saturated rings. The summed E-state index contributed by atoms with van der Waals surface area (Å²) >= 11 is 0. The maximum atomic E-state index is 11.1. The fraction of sp³-hybridized carbons (Fsp3) is 0.500. The van der Waals surface area contributed by atoms with Crippen LogP contribution in [-0.2, 0) is 9.59 Å². The lowest BCUT2D eigenvalue weighted by Gasteiger charge is -2.28. The van der Waals surface area contributed by atoms with Crippen molar-refractivity contribution in [3.8, 4) is 0 Å². The molecule has 1 aliphatic heterocycles. The van der Waals surface area contributed by atoms with Gasteiger partial charge in [0.15, 0.2) is 0 Å². The Morgan fingerprint density at radius 2 is 2.15 bits per heavy atom. The first-order chi connectivity index (χ1) is 6.02. The van der Waals surface area contributed by atoms with Gasteiger partial charge in [-0.25, -0.2) is 4.79 Å². The first kappa shape index (κ1) is 9.73. The van der Waals surface area contributed by atoms with Crippen molar-refractivity contribution in [3.05, 3.63) is 12.7 Å². The van der Waals surface area contributed by atoms with Crippen LogP contribution in [0.4, 0.5) is 0 Å². The molecule has 72 valence electrons. The number of likely N-dealkylation sites (tertiary alicyclic amines) is 1. The Morgan fingerprint density at radius 3 is 2.62 bits per heavy atom. The molecular weight excluding hydrogens is 174 g/mol. The molecule has 1 atom stereocenters. The number of carboxylic acids is 1. The molecule has 5 heteroatoms. The van der Waals surface area contributed by atoms with Crippen LogP contribution in [0.15, 0.2) is 12.7 Å². The fourth-order valence-electron chi connectivity index (χ4n) is 1.43. The van der Waals surface area contributed by atoms with E-state index in [4.69, 9.17) is 5.11 Å². The summed E-state index contributed by atoms with van der Waals surface area (Å²) in [6, 6.07) is 0. The number of rotatable bonds is 2. The summed E-state index contributed by atoms with van der Waals surface area (Å²) in [5.74, 6) is -1.94. The minimum Gasteiger partial charge on any atom is -0.478 e. The van der Waals surface area contributed by atoms with Crippen LogP contribution in [0.3, 0.4) is 0 Å². The van der Waals surface area contributed by atoms with Gasteiger partial charge in [0.05, 0.1) is 0 Å². The number of aliphatic carboxylic acids is 1. The van der Waals surface area contributed by atoms with E-state index in [1.807, 2.05) is 0 Å². The smallest absolute Gasteiger partial charge is 0.357 e. The Kier molecular flexibility index (Phi) is 2.38. The molecule has 0 aromatic rings. The van der Waals surface area contributed by atoms with Crippen molar-refractivity contribution in [3.63, 3.8) is 0 Å². The molecule has 0 spiro atoms. The van der Waals surface area contributed by atoms with Gasteiger partial charge in [0.25, 0.3) is 0 Å². The zero-order valence-corrected chi connectivity index (χ0v) is 7.06. The van der Waals surface area contributed by atoms with Crippen molar-refractivity contribution in [2.45, 2.75) is 18.6 Å². The minimum atomic E-state index is -2.04. The standard InChI is InChI=1S/C8H11NO4/c1-2-6(10)9-5-3-4-8(9,13)7(11)12/h2,13H,1,3-5H2,(H,11,12). The lowest BCUT2D eigenvalue weighted by Crippen LogP contribution is -2.52. The Hall–Kier alpha value is -1.36. The fourth-order valence-corrected chi connectivity index (χ4v) is 1.43. The van der Waals surface area contributed by atoms with Crippen molar-refractivity contribution in [1.82, 2.24) is 4.90 Å². The van der Waals surface area contributed by atoms with Gasteiger partial charge >= 0.3 is 5.97 Å². The molecule has 1 saturated heterocycles. The average Bonchev–Trinajstić information content (AvgIpc) is 2.47. The van der Waals surface area contributed by atoms with E-state index in [1.165, 1.54) is 0 Å². The maximum absolute atomic E-state index is 11.1. The summed E-state index contributed by atoms with van der Waals surface area (Å²) in [7, 11) is 0. The number of carboxylic acid groups (broad SMARTS) is 1. The van der Waals surface area contributed by atoms with E-state index >= 15 is 0 Å². The summed E-state index contributed by atoms with van der Waals surface area (Å²) in [6.07, 6.45) is 1.56. The van der Waals surface area contributed by atoms with Crippen LogP contribution >= 0.6 is 0 Å². The monoisotopic (exact) mass is 185 g/mol. The van der Waals surface area contributed by atoms with Crippen molar-refractivity contribution >= 4 is 11.9 Å². The van der Waals surface area contributed by atoms with Crippen LogP contribution in [0, 0.1) is 0 Å². The highest BCUT2D eigenvalue weighted by atomic mass is 16.4. The molecule has 13 heavy (non-hydrogen) atoms. The predicted octanol–water partition coefficient (Wildman–Crippen LogP) is -0.432. The topological polar surface area (TPSA) is 77.8 Å². The third-order valence-electron chi connectivity index (χ3n) is 2.14. The number of carbonyl (C=O) groups is 2. The normalized spacial score (nSPS) is 27.3. The molecule has 1 unspecified atom stereocenters. The Labute approximate surface area is 75.3 Å². The number of hydrogen-bond donors (Lipinski definition) is 2. The molecule has 5 nitrogen and oxygen atoms in total. The summed E-state index contributed by atoms with van der Waals surface area (Å²) in [4.78, 5) is 22.7. The first-order valence-electron chi connectivity index (χ1n) is 3.92. The second-order valence-electron chi connectivity index (χ2n) is 2.92. The van der Waals surface area contributed by atoms with Crippen LogP contribution < -0.4 is 0 Å². The highest BCUT2D eigenvalue weighted by Gasteiger charge is 2.47. The number of amides is 1. The van der Waals surface area contributed by atoms with Crippen LogP contribution in [0.25, 0.3) is 0 Å². The molecular formula is C8H11NO4. The zero-order chi connectivity index (χ0) is 10.1. The van der Waals surface area contributed by atoms with Crippen LogP contribution in [0.5, 0.6) is 0 Å². The molecule has 0 aliphatic carbocycles. The average molecular weight is 185 g/mol. The summed E-state index contributed by atoms with van der Waals surface area (Å²) in [5.41, 5.74) is -2.04. The van der Waals surface area contributed by atoms with Crippen molar-refractivity contribution in [1.29, 1.82) is 0 Å². The molecule has 1 heterocycles. The summed E-state index contributed by atoms with van der Waals surface area (Å²) in [5, 5.41) is 18.3. The van der Waals surface area contributed by atoms with E-state index in [9.17, 15) is 14.7 Å². The maximum Gasteiger partial charge on any atom is 0.357 e. The van der Waals surface area contributed by atoms with Gasteiger partial charge < -0.3 is 15.1 Å². The third-order valence-corrected chi connectivity index (χ3v) is 2.14. The first-order valence-corrected chi connectivity index (χ1v) is 3.92. The van der Waals surface area contributed by atoms with Crippen LogP contribution in [0.2, 0.25) is 0 Å². The van der Waals surface area contributed by atoms with Crippen molar-refractivity contribution in [2.24, 2.45) is 0 Å². The highest BCUT2D eigenvalue weighted by Crippen LogP contribution is 2.26. The van der Waals surface area contributed by atoms with E-state index in [0.717, 1.165) is 11.0 Å². The van der Waals surface area contributed by atoms with Gasteiger partial charge in [-0.15, -0.1) is 0 Å². The third kappa shape index (κ3) is 1.42. The van der Waals surface area contributed by atoms with Gasteiger partial charge in [-0.1, -0.05) is 6.58 Å². The van der Waals surface area contributed by atoms with Gasteiger partial charge in [0.1, 0.15) is 0 Å². The Bertz CT molecular complexity index is 263. The quantitative estimate of drug-likeness (QED) is 0.572. The lowest BCUT2D eigenvalue weighted by molar-refractivity contribution is -0.180. The lowest BCUT2D eigenvalue weighted by atomic mass is 10.1. The van der Waals surface area contributed by atoms with Gasteiger partial charge in [-0.2, -0.15) is 0 Å². The minimum absolute atomic E-state index is 0.0713. The van der Waals surface area contributed by atoms with Crippen molar-refractivity contribution in [2.75, 3.05) is 6.54 Å². The molecule has 1 rings (SSSR count). The predicted molar refractivity (Wildman–Crippen MR) is 43.7 cm³/mol. The van der Waals surface area contributed by atoms with Crippen LogP contribution in [-0.4, -0.2) is 39.3 Å². The highest BCUT2D eigenvalue weighted by molar-refractivity contribution is 5.92. The molecule has 2 N–H and O–H groups in total. The van der Waals surface area contributed by atoms with E-state index in [-0.39, 0.29) is 13.0 Å². The molecule has 1 aliphatic rings. The molecule has 0 saturated carbocycles. The second kappa shape index (κ2) is 3.18. The summed E-state index contributed by atoms with van der Waals surface area (Å²) < 4.78 is 0. The van der Waals surface area contributed by atoms with Crippen LogP contribution in [0.1, 0.15) is 12.8 Å². The van der Waals surface area contributed by atoms with Gasteiger partial charge in [-0.05, 0) is 12.5 Å². The molecule has 0 aromatic carbocycles. The number of nitrogens with zero attached hydrogens (tertiary/aromatic N) is 1. The number of carbonyl (C=O) groups excluding carboxylic acids is 1. The van der Waals surface area contributed by atoms with E-state index in [1.54, 1.807) is 0 Å². The van der Waals surface area contributed by atoms with E-state index < -0.39 is 17.6 Å². The largest absolute Gasteiger partial charge is 0.478 e. The molecule has 0 radical (unpaired) electrons.